The van der Waals surface area contributed by atoms with Crippen molar-refractivity contribution in [2.24, 2.45) is 0 Å². The largest absolute Gasteiger partial charge is 0.379 e. The first-order valence-electron chi connectivity index (χ1n) is 5.59. The van der Waals surface area contributed by atoms with Gasteiger partial charge in [-0.25, -0.2) is 4.39 Å². The molecule has 4 nitrogen and oxygen atoms in total. The van der Waals surface area contributed by atoms with E-state index in [-0.39, 0.29) is 18.0 Å². The predicted octanol–water partition coefficient (Wildman–Crippen LogP) is 4.87. The van der Waals surface area contributed by atoms with Crippen LogP contribution in [0.4, 0.5) is 15.8 Å². The summed E-state index contributed by atoms with van der Waals surface area (Å²) in [5, 5.41) is 13.8. The molecule has 2 rings (SSSR count). The van der Waals surface area contributed by atoms with Crippen LogP contribution >= 0.6 is 31.9 Å². The van der Waals surface area contributed by atoms with E-state index in [9.17, 15) is 14.5 Å². The molecule has 0 aliphatic rings. The third kappa shape index (κ3) is 3.34. The lowest BCUT2D eigenvalue weighted by molar-refractivity contribution is -0.385. The van der Waals surface area contributed by atoms with Crippen LogP contribution in [-0.4, -0.2) is 4.92 Å². The van der Waals surface area contributed by atoms with Crippen molar-refractivity contribution in [2.45, 2.75) is 6.54 Å². The Balaban J connectivity index is 2.22. The average Bonchev–Trinajstić information content (AvgIpc) is 2.39. The maximum absolute atomic E-state index is 13.5. The number of nitro groups is 1. The van der Waals surface area contributed by atoms with Crippen molar-refractivity contribution >= 4 is 43.2 Å². The molecule has 20 heavy (non-hydrogen) atoms. The lowest BCUT2D eigenvalue weighted by Crippen LogP contribution is -2.03. The number of hydrogen-bond acceptors (Lipinski definition) is 3. The summed E-state index contributed by atoms with van der Waals surface area (Å²) in [5.74, 6) is -0.297. The van der Waals surface area contributed by atoms with Gasteiger partial charge in [0.15, 0.2) is 0 Å². The molecule has 0 heterocycles. The predicted molar refractivity (Wildman–Crippen MR) is 82.2 cm³/mol. The number of rotatable bonds is 4. The normalized spacial score (nSPS) is 10.3. The first-order valence-corrected chi connectivity index (χ1v) is 7.18. The van der Waals surface area contributed by atoms with E-state index in [0.29, 0.717) is 20.2 Å². The second-order valence-corrected chi connectivity index (χ2v) is 5.70. The fraction of sp³-hybridized carbons (Fsp3) is 0.0769. The van der Waals surface area contributed by atoms with Crippen molar-refractivity contribution in [3.63, 3.8) is 0 Å². The fourth-order valence-electron chi connectivity index (χ4n) is 1.66. The summed E-state index contributed by atoms with van der Waals surface area (Å²) in [4.78, 5) is 10.3. The van der Waals surface area contributed by atoms with E-state index >= 15 is 0 Å². The summed E-state index contributed by atoms with van der Waals surface area (Å²) in [6.45, 7) is 0.279. The zero-order valence-electron chi connectivity index (χ0n) is 10.1. The number of benzene rings is 2. The van der Waals surface area contributed by atoms with Gasteiger partial charge in [0.1, 0.15) is 5.82 Å². The number of halogens is 3. The highest BCUT2D eigenvalue weighted by atomic mass is 79.9. The zero-order valence-corrected chi connectivity index (χ0v) is 13.2. The molecule has 2 aromatic carbocycles. The number of nitro benzene ring substituents is 1. The molecule has 0 aliphatic heterocycles. The Morgan fingerprint density at radius 1 is 1.20 bits per heavy atom. The standard InChI is InChI=1S/C13H9Br2FN2O2/c14-10-5-9(18(19)20)6-11(15)13(10)17-7-8-3-1-2-4-12(8)16/h1-6,17H,7H2. The molecule has 0 bridgehead atoms. The number of nitrogens with one attached hydrogen (secondary N) is 1. The van der Waals surface area contributed by atoms with Crippen LogP contribution in [0.5, 0.6) is 0 Å². The van der Waals surface area contributed by atoms with Crippen LogP contribution in [0.3, 0.4) is 0 Å². The molecule has 0 saturated heterocycles. The van der Waals surface area contributed by atoms with E-state index in [1.807, 2.05) is 0 Å². The summed E-state index contributed by atoms with van der Waals surface area (Å²) < 4.78 is 14.6. The maximum Gasteiger partial charge on any atom is 0.271 e. The highest BCUT2D eigenvalue weighted by Crippen LogP contribution is 2.35. The van der Waals surface area contributed by atoms with Crippen LogP contribution < -0.4 is 5.32 Å². The van der Waals surface area contributed by atoms with Crippen molar-refractivity contribution in [2.75, 3.05) is 5.32 Å². The highest BCUT2D eigenvalue weighted by molar-refractivity contribution is 9.11. The van der Waals surface area contributed by atoms with Gasteiger partial charge in [-0.2, -0.15) is 0 Å². The lowest BCUT2D eigenvalue weighted by Gasteiger charge is -2.11. The number of anilines is 1. The van der Waals surface area contributed by atoms with Crippen LogP contribution in [0.2, 0.25) is 0 Å². The summed E-state index contributed by atoms with van der Waals surface area (Å²) >= 11 is 6.54. The van der Waals surface area contributed by atoms with Crippen molar-refractivity contribution < 1.29 is 9.31 Å². The third-order valence-electron chi connectivity index (χ3n) is 2.65. The zero-order chi connectivity index (χ0) is 14.7. The molecule has 0 atom stereocenters. The fourth-order valence-corrected chi connectivity index (χ4v) is 3.10. The molecule has 104 valence electrons. The Hall–Kier alpha value is -1.47. The van der Waals surface area contributed by atoms with Crippen molar-refractivity contribution in [1.29, 1.82) is 0 Å². The smallest absolute Gasteiger partial charge is 0.271 e. The molecule has 2 aromatic rings. The Bertz CT molecular complexity index is 642. The van der Waals surface area contributed by atoms with Gasteiger partial charge >= 0.3 is 0 Å². The number of nitrogens with zero attached hydrogens (tertiary/aromatic N) is 1. The van der Waals surface area contributed by atoms with Gasteiger partial charge < -0.3 is 5.32 Å². The minimum absolute atomic E-state index is 0.0276. The molecule has 7 heteroatoms. The highest BCUT2D eigenvalue weighted by Gasteiger charge is 2.14. The van der Waals surface area contributed by atoms with Crippen LogP contribution in [0.25, 0.3) is 0 Å². The summed E-state index contributed by atoms with van der Waals surface area (Å²) in [5.41, 5.74) is 1.13. The van der Waals surface area contributed by atoms with Crippen LogP contribution in [0.15, 0.2) is 45.3 Å². The molecular formula is C13H9Br2FN2O2. The minimum atomic E-state index is -0.476. The molecule has 0 fully saturated rings. The Labute approximate surface area is 131 Å². The third-order valence-corrected chi connectivity index (χ3v) is 3.90. The van der Waals surface area contributed by atoms with E-state index in [0.717, 1.165) is 0 Å². The summed E-state index contributed by atoms with van der Waals surface area (Å²) in [6.07, 6.45) is 0. The molecule has 0 aromatic heterocycles. The Morgan fingerprint density at radius 2 is 1.80 bits per heavy atom. The number of non-ortho nitro benzene ring substituents is 1. The van der Waals surface area contributed by atoms with E-state index in [2.05, 4.69) is 37.2 Å². The molecule has 0 unspecified atom stereocenters. The van der Waals surface area contributed by atoms with E-state index in [1.54, 1.807) is 18.2 Å². The Kier molecular flexibility index (Phi) is 4.72. The molecule has 1 N–H and O–H groups in total. The van der Waals surface area contributed by atoms with Gasteiger partial charge in [0.05, 0.1) is 10.6 Å². The Morgan fingerprint density at radius 3 is 2.35 bits per heavy atom. The molecule has 0 aliphatic carbocycles. The van der Waals surface area contributed by atoms with Crippen LogP contribution in [-0.2, 0) is 6.54 Å². The first-order chi connectivity index (χ1) is 9.49. The quantitative estimate of drug-likeness (QED) is 0.585. The first kappa shape index (κ1) is 14.9. The minimum Gasteiger partial charge on any atom is -0.379 e. The monoisotopic (exact) mass is 402 g/mol. The van der Waals surface area contributed by atoms with Gasteiger partial charge in [-0.05, 0) is 37.9 Å². The van der Waals surface area contributed by atoms with Crippen molar-refractivity contribution in [1.82, 2.24) is 0 Å². The van der Waals surface area contributed by atoms with E-state index in [1.165, 1.54) is 18.2 Å². The van der Waals surface area contributed by atoms with Crippen LogP contribution in [0, 0.1) is 15.9 Å². The van der Waals surface area contributed by atoms with Gasteiger partial charge in [-0.15, -0.1) is 0 Å². The van der Waals surface area contributed by atoms with Gasteiger partial charge in [0.2, 0.25) is 0 Å². The molecular weight excluding hydrogens is 395 g/mol. The average molecular weight is 404 g/mol. The SMILES string of the molecule is O=[N+]([O-])c1cc(Br)c(NCc2ccccc2F)c(Br)c1. The van der Waals surface area contributed by atoms with E-state index < -0.39 is 4.92 Å². The van der Waals surface area contributed by atoms with Gasteiger partial charge in [-0.1, -0.05) is 18.2 Å². The van der Waals surface area contributed by atoms with Gasteiger partial charge in [0, 0.05) is 33.2 Å². The maximum atomic E-state index is 13.5. The second-order valence-electron chi connectivity index (χ2n) is 3.99. The molecule has 0 saturated carbocycles. The summed E-state index contributed by atoms with van der Waals surface area (Å²) in [7, 11) is 0. The molecule has 0 radical (unpaired) electrons. The lowest BCUT2D eigenvalue weighted by atomic mass is 10.2. The van der Waals surface area contributed by atoms with E-state index in [4.69, 9.17) is 0 Å². The van der Waals surface area contributed by atoms with Gasteiger partial charge in [0.25, 0.3) is 5.69 Å². The van der Waals surface area contributed by atoms with Crippen LogP contribution in [0.1, 0.15) is 5.56 Å². The molecule has 0 spiro atoms. The van der Waals surface area contributed by atoms with Crippen molar-refractivity contribution in [3.8, 4) is 0 Å². The van der Waals surface area contributed by atoms with Crippen molar-refractivity contribution in [3.05, 3.63) is 66.8 Å². The summed E-state index contributed by atoms with van der Waals surface area (Å²) in [6, 6.07) is 9.23. The second kappa shape index (κ2) is 6.32. The van der Waals surface area contributed by atoms with Gasteiger partial charge in [-0.3, -0.25) is 10.1 Å². The topological polar surface area (TPSA) is 55.2 Å². The number of hydrogen-bond donors (Lipinski definition) is 1. The molecule has 0 amide bonds.